The van der Waals surface area contributed by atoms with E-state index < -0.39 is 11.7 Å². The number of halogens is 3. The first-order valence-electron chi connectivity index (χ1n) is 7.25. The molecular weight excluding hydrogens is 335 g/mol. The maximum atomic E-state index is 12.9. The maximum absolute atomic E-state index is 12.9. The van der Waals surface area contributed by atoms with Crippen molar-refractivity contribution in [2.45, 2.75) is 19.3 Å². The minimum Gasteiger partial charge on any atom is -0.306 e. The average Bonchev–Trinajstić information content (AvgIpc) is 3.04. The van der Waals surface area contributed by atoms with Crippen LogP contribution < -0.4 is 5.32 Å². The van der Waals surface area contributed by atoms with Gasteiger partial charge in [0.25, 0.3) is 0 Å². The van der Waals surface area contributed by atoms with E-state index in [4.69, 9.17) is 0 Å². The molecule has 0 saturated heterocycles. The van der Waals surface area contributed by atoms with Gasteiger partial charge < -0.3 is 5.32 Å². The van der Waals surface area contributed by atoms with Crippen molar-refractivity contribution in [3.63, 3.8) is 0 Å². The number of hydrogen-bond donors (Lipinski definition) is 1. The number of nitrogens with zero attached hydrogens (tertiary/aromatic N) is 2. The van der Waals surface area contributed by atoms with Crippen molar-refractivity contribution in [1.82, 2.24) is 15.3 Å². The molecule has 0 radical (unpaired) electrons. The number of rotatable bonds is 5. The number of nitrogens with one attached hydrogen (secondary N) is 1. The molecule has 3 nitrogen and oxygen atoms in total. The van der Waals surface area contributed by atoms with E-state index in [2.05, 4.69) is 15.3 Å². The van der Waals surface area contributed by atoms with E-state index in [0.717, 1.165) is 21.5 Å². The van der Waals surface area contributed by atoms with Gasteiger partial charge in [0, 0.05) is 37.2 Å². The number of aromatic nitrogens is 2. The quantitative estimate of drug-likeness (QED) is 0.736. The fraction of sp³-hybridized carbons (Fsp3) is 0.176. The zero-order valence-electron chi connectivity index (χ0n) is 12.5. The third-order valence-corrected chi connectivity index (χ3v) is 4.46. The van der Waals surface area contributed by atoms with Crippen molar-refractivity contribution in [3.8, 4) is 10.4 Å². The molecule has 7 heteroatoms. The van der Waals surface area contributed by atoms with Gasteiger partial charge in [-0.2, -0.15) is 13.2 Å². The molecule has 2 heterocycles. The lowest BCUT2D eigenvalue weighted by Crippen LogP contribution is -2.17. The molecule has 0 unspecified atom stereocenters. The van der Waals surface area contributed by atoms with Crippen LogP contribution in [0.1, 0.15) is 16.1 Å². The van der Waals surface area contributed by atoms with Crippen molar-refractivity contribution in [1.29, 1.82) is 0 Å². The minimum atomic E-state index is -4.34. The van der Waals surface area contributed by atoms with Crippen LogP contribution in [0.25, 0.3) is 10.4 Å². The summed E-state index contributed by atoms with van der Waals surface area (Å²) < 4.78 is 38.8. The highest BCUT2D eigenvalue weighted by molar-refractivity contribution is 7.15. The summed E-state index contributed by atoms with van der Waals surface area (Å²) in [4.78, 5) is 9.34. The second-order valence-electron chi connectivity index (χ2n) is 5.12. The van der Waals surface area contributed by atoms with Crippen molar-refractivity contribution in [2.75, 3.05) is 0 Å². The van der Waals surface area contributed by atoms with Gasteiger partial charge in [-0.1, -0.05) is 24.3 Å². The van der Waals surface area contributed by atoms with Crippen molar-refractivity contribution < 1.29 is 13.2 Å². The molecule has 24 heavy (non-hydrogen) atoms. The molecule has 3 aromatic rings. The van der Waals surface area contributed by atoms with Crippen LogP contribution in [-0.4, -0.2) is 9.97 Å². The molecule has 3 rings (SSSR count). The van der Waals surface area contributed by atoms with E-state index in [-0.39, 0.29) is 12.1 Å². The van der Waals surface area contributed by atoms with Gasteiger partial charge in [-0.05, 0) is 17.7 Å². The van der Waals surface area contributed by atoms with Gasteiger partial charge in [-0.3, -0.25) is 4.98 Å². The Hall–Kier alpha value is -2.25. The van der Waals surface area contributed by atoms with Crippen LogP contribution >= 0.6 is 11.3 Å². The first-order chi connectivity index (χ1) is 11.5. The van der Waals surface area contributed by atoms with Gasteiger partial charge >= 0.3 is 6.18 Å². The molecular formula is C17H14F3N3S. The summed E-state index contributed by atoms with van der Waals surface area (Å²) in [7, 11) is 0. The molecule has 124 valence electrons. The SMILES string of the molecule is FC(F)(F)c1ccccc1CNCc1ncc(-c2cccnc2)s1. The fourth-order valence-electron chi connectivity index (χ4n) is 2.29. The first kappa shape index (κ1) is 16.6. The summed E-state index contributed by atoms with van der Waals surface area (Å²) in [5, 5.41) is 3.85. The van der Waals surface area contributed by atoms with E-state index >= 15 is 0 Å². The van der Waals surface area contributed by atoms with E-state index in [1.807, 2.05) is 12.1 Å². The highest BCUT2D eigenvalue weighted by Gasteiger charge is 2.32. The summed E-state index contributed by atoms with van der Waals surface area (Å²) in [6, 6.07) is 9.38. The summed E-state index contributed by atoms with van der Waals surface area (Å²) >= 11 is 1.50. The summed E-state index contributed by atoms with van der Waals surface area (Å²) in [5.41, 5.74) is 0.602. The Morgan fingerprint density at radius 3 is 2.58 bits per heavy atom. The predicted molar refractivity (Wildman–Crippen MR) is 87.3 cm³/mol. The van der Waals surface area contributed by atoms with Crippen LogP contribution in [0, 0.1) is 0 Å². The third kappa shape index (κ3) is 3.98. The molecule has 0 aliphatic rings. The standard InChI is InChI=1S/C17H14F3N3S/c18-17(19,20)14-6-2-1-4-12(14)8-22-11-16-23-10-15(24-16)13-5-3-7-21-9-13/h1-7,9-10,22H,8,11H2. The fourth-order valence-corrected chi connectivity index (χ4v) is 3.17. The zero-order valence-corrected chi connectivity index (χ0v) is 13.4. The number of hydrogen-bond acceptors (Lipinski definition) is 4. The Kier molecular flexibility index (Phi) is 4.92. The van der Waals surface area contributed by atoms with Gasteiger partial charge in [-0.15, -0.1) is 11.3 Å². The average molecular weight is 349 g/mol. The van der Waals surface area contributed by atoms with Crippen LogP contribution in [0.4, 0.5) is 13.2 Å². The number of alkyl halides is 3. The Bertz CT molecular complexity index is 800. The van der Waals surface area contributed by atoms with Crippen molar-refractivity contribution in [3.05, 3.63) is 71.1 Å². The van der Waals surface area contributed by atoms with Crippen LogP contribution in [-0.2, 0) is 19.3 Å². The molecule has 0 aliphatic heterocycles. The molecule has 0 fully saturated rings. The summed E-state index contributed by atoms with van der Waals surface area (Å²) in [5.74, 6) is 0. The molecule has 1 aromatic carbocycles. The molecule has 0 bridgehead atoms. The molecule has 0 amide bonds. The molecule has 0 spiro atoms. The van der Waals surface area contributed by atoms with Gasteiger partial charge in [0.1, 0.15) is 5.01 Å². The Morgan fingerprint density at radius 1 is 1.00 bits per heavy atom. The summed E-state index contributed by atoms with van der Waals surface area (Å²) in [6.45, 7) is 0.550. The first-order valence-corrected chi connectivity index (χ1v) is 8.06. The zero-order chi connectivity index (χ0) is 17.0. The van der Waals surface area contributed by atoms with Crippen molar-refractivity contribution >= 4 is 11.3 Å². The number of pyridine rings is 1. The topological polar surface area (TPSA) is 37.8 Å². The molecule has 0 saturated carbocycles. The van der Waals surface area contributed by atoms with Gasteiger partial charge in [-0.25, -0.2) is 4.98 Å². The number of benzene rings is 1. The van der Waals surface area contributed by atoms with E-state index in [1.54, 1.807) is 24.7 Å². The largest absolute Gasteiger partial charge is 0.416 e. The Balaban J connectivity index is 1.63. The lowest BCUT2D eigenvalue weighted by Gasteiger charge is -2.12. The monoisotopic (exact) mass is 349 g/mol. The lowest BCUT2D eigenvalue weighted by atomic mass is 10.1. The molecule has 0 atom stereocenters. The lowest BCUT2D eigenvalue weighted by molar-refractivity contribution is -0.138. The number of thiazole rings is 1. The molecule has 0 aliphatic carbocycles. The minimum absolute atomic E-state index is 0.136. The van der Waals surface area contributed by atoms with E-state index in [9.17, 15) is 13.2 Å². The van der Waals surface area contributed by atoms with Crippen molar-refractivity contribution in [2.24, 2.45) is 0 Å². The second kappa shape index (κ2) is 7.11. The van der Waals surface area contributed by atoms with Crippen LogP contribution in [0.5, 0.6) is 0 Å². The van der Waals surface area contributed by atoms with E-state index in [1.165, 1.54) is 23.5 Å². The van der Waals surface area contributed by atoms with Gasteiger partial charge in [0.05, 0.1) is 10.4 Å². The van der Waals surface area contributed by atoms with Crippen LogP contribution in [0.15, 0.2) is 55.0 Å². The van der Waals surface area contributed by atoms with Gasteiger partial charge in [0.2, 0.25) is 0 Å². The molecule has 2 aromatic heterocycles. The van der Waals surface area contributed by atoms with Gasteiger partial charge in [0.15, 0.2) is 0 Å². The van der Waals surface area contributed by atoms with E-state index in [0.29, 0.717) is 6.54 Å². The summed E-state index contributed by atoms with van der Waals surface area (Å²) in [6.07, 6.45) is 0.866. The smallest absolute Gasteiger partial charge is 0.306 e. The Morgan fingerprint density at radius 2 is 1.83 bits per heavy atom. The normalized spacial score (nSPS) is 11.6. The highest BCUT2D eigenvalue weighted by atomic mass is 32.1. The molecule has 1 N–H and O–H groups in total. The maximum Gasteiger partial charge on any atom is 0.416 e. The second-order valence-corrected chi connectivity index (χ2v) is 6.23. The Labute approximate surface area is 141 Å². The van der Waals surface area contributed by atoms with Crippen LogP contribution in [0.2, 0.25) is 0 Å². The third-order valence-electron chi connectivity index (χ3n) is 3.41. The van der Waals surface area contributed by atoms with Crippen LogP contribution in [0.3, 0.4) is 0 Å². The highest BCUT2D eigenvalue weighted by Crippen LogP contribution is 2.32. The predicted octanol–water partition coefficient (Wildman–Crippen LogP) is 4.51.